The fourth-order valence-corrected chi connectivity index (χ4v) is 3.77. The number of nitrogens with one attached hydrogen (secondary N) is 1. The molecule has 9 heteroatoms. The summed E-state index contributed by atoms with van der Waals surface area (Å²) in [5.41, 5.74) is 0.422. The Hall–Kier alpha value is -2.45. The van der Waals surface area contributed by atoms with Gasteiger partial charge in [0.1, 0.15) is 18.1 Å². The number of rotatable bonds is 6. The summed E-state index contributed by atoms with van der Waals surface area (Å²) in [6.45, 7) is 0.353. The topological polar surface area (TPSA) is 84.9 Å². The number of amides is 1. The van der Waals surface area contributed by atoms with Crippen LogP contribution < -0.4 is 19.1 Å². The molecule has 144 valence electrons. The molecule has 3 rings (SSSR count). The fraction of sp³-hybridized carbons (Fsp3) is 0.278. The van der Waals surface area contributed by atoms with E-state index in [0.29, 0.717) is 22.2 Å². The molecule has 0 saturated heterocycles. The highest BCUT2D eigenvalue weighted by Gasteiger charge is 2.34. The van der Waals surface area contributed by atoms with Crippen molar-refractivity contribution in [1.82, 2.24) is 5.32 Å². The molecular weight excluding hydrogens is 392 g/mol. The van der Waals surface area contributed by atoms with Crippen LogP contribution in [-0.4, -0.2) is 46.4 Å². The third-order valence-corrected chi connectivity index (χ3v) is 5.38. The zero-order valence-electron chi connectivity index (χ0n) is 14.6. The van der Waals surface area contributed by atoms with Crippen molar-refractivity contribution in [3.8, 4) is 11.5 Å². The van der Waals surface area contributed by atoms with Crippen LogP contribution in [0.4, 0.5) is 5.69 Å². The largest absolute Gasteiger partial charge is 0.490 e. The SMILES string of the molecule is CS(=O)(=O)N1CC(C(=O)NCCOc2ccccc2Cl)Oc2ccccc21. The number of halogens is 1. The minimum atomic E-state index is -3.54. The van der Waals surface area contributed by atoms with E-state index in [1.165, 1.54) is 4.31 Å². The lowest BCUT2D eigenvalue weighted by molar-refractivity contribution is -0.127. The Morgan fingerprint density at radius 3 is 2.70 bits per heavy atom. The summed E-state index contributed by atoms with van der Waals surface area (Å²) < 4.78 is 36.5. The molecular formula is C18H19ClN2O5S. The van der Waals surface area contributed by atoms with Crippen LogP contribution in [0.5, 0.6) is 11.5 Å². The van der Waals surface area contributed by atoms with Gasteiger partial charge in [0.15, 0.2) is 6.10 Å². The maximum Gasteiger partial charge on any atom is 0.263 e. The average Bonchev–Trinajstić information content (AvgIpc) is 2.64. The standard InChI is InChI=1S/C18H19ClN2O5S/c1-27(23,24)21-12-17(26-16-9-5-3-7-14(16)21)18(22)20-10-11-25-15-8-4-2-6-13(15)19/h2-9,17H,10-12H2,1H3,(H,20,22). The number of fused-ring (bicyclic) bond motifs is 1. The minimum absolute atomic E-state index is 0.0902. The van der Waals surface area contributed by atoms with Crippen LogP contribution in [0.3, 0.4) is 0 Å². The number of anilines is 1. The van der Waals surface area contributed by atoms with Crippen molar-refractivity contribution in [3.63, 3.8) is 0 Å². The van der Waals surface area contributed by atoms with E-state index in [9.17, 15) is 13.2 Å². The highest BCUT2D eigenvalue weighted by Crippen LogP contribution is 2.34. The highest BCUT2D eigenvalue weighted by atomic mass is 35.5. The Balaban J connectivity index is 1.60. The molecule has 1 heterocycles. The first-order chi connectivity index (χ1) is 12.9. The maximum atomic E-state index is 12.4. The normalized spacial score (nSPS) is 16.2. The van der Waals surface area contributed by atoms with Crippen molar-refractivity contribution in [3.05, 3.63) is 53.6 Å². The van der Waals surface area contributed by atoms with Crippen molar-refractivity contribution in [2.75, 3.05) is 30.3 Å². The summed E-state index contributed by atoms with van der Waals surface area (Å²) in [7, 11) is -3.54. The van der Waals surface area contributed by atoms with Gasteiger partial charge in [-0.25, -0.2) is 8.42 Å². The van der Waals surface area contributed by atoms with Crippen molar-refractivity contribution in [2.24, 2.45) is 0 Å². The fourth-order valence-electron chi connectivity index (χ4n) is 2.66. The van der Waals surface area contributed by atoms with Gasteiger partial charge in [0.05, 0.1) is 30.1 Å². The van der Waals surface area contributed by atoms with Gasteiger partial charge in [-0.3, -0.25) is 9.10 Å². The molecule has 0 saturated carbocycles. The Kier molecular flexibility index (Phi) is 5.76. The molecule has 1 atom stereocenters. The van der Waals surface area contributed by atoms with E-state index < -0.39 is 22.0 Å². The molecule has 0 aromatic heterocycles. The van der Waals surface area contributed by atoms with Crippen molar-refractivity contribution >= 4 is 33.2 Å². The van der Waals surface area contributed by atoms with E-state index in [1.807, 2.05) is 0 Å². The van der Waals surface area contributed by atoms with Gasteiger partial charge >= 0.3 is 0 Å². The van der Waals surface area contributed by atoms with Gasteiger partial charge in [-0.1, -0.05) is 35.9 Å². The number of benzene rings is 2. The van der Waals surface area contributed by atoms with Crippen molar-refractivity contribution in [1.29, 1.82) is 0 Å². The van der Waals surface area contributed by atoms with Gasteiger partial charge in [0, 0.05) is 0 Å². The van der Waals surface area contributed by atoms with Crippen LogP contribution in [0, 0.1) is 0 Å². The van der Waals surface area contributed by atoms with Crippen LogP contribution in [0.2, 0.25) is 5.02 Å². The van der Waals surface area contributed by atoms with E-state index >= 15 is 0 Å². The average molecular weight is 411 g/mol. The van der Waals surface area contributed by atoms with Gasteiger partial charge in [0.2, 0.25) is 10.0 Å². The summed E-state index contributed by atoms with van der Waals surface area (Å²) in [5, 5.41) is 3.18. The lowest BCUT2D eigenvalue weighted by atomic mass is 10.2. The molecule has 0 fully saturated rings. The summed E-state index contributed by atoms with van der Waals surface area (Å²) in [6.07, 6.45) is 0.150. The van der Waals surface area contributed by atoms with E-state index in [1.54, 1.807) is 48.5 Å². The molecule has 0 aliphatic carbocycles. The Morgan fingerprint density at radius 2 is 1.96 bits per heavy atom. The second-order valence-electron chi connectivity index (χ2n) is 5.94. The molecule has 1 aliphatic heterocycles. The highest BCUT2D eigenvalue weighted by molar-refractivity contribution is 7.92. The van der Waals surface area contributed by atoms with Gasteiger partial charge in [0.25, 0.3) is 5.91 Å². The second kappa shape index (κ2) is 8.06. The molecule has 1 amide bonds. The Labute approximate surface area is 162 Å². The number of hydrogen-bond donors (Lipinski definition) is 1. The first kappa shape index (κ1) is 19.3. The predicted molar refractivity (Wildman–Crippen MR) is 103 cm³/mol. The minimum Gasteiger partial charge on any atom is -0.490 e. The van der Waals surface area contributed by atoms with Gasteiger partial charge in [-0.05, 0) is 24.3 Å². The third-order valence-electron chi connectivity index (χ3n) is 3.92. The van der Waals surface area contributed by atoms with Crippen molar-refractivity contribution in [2.45, 2.75) is 6.10 Å². The molecule has 2 aromatic rings. The number of para-hydroxylation sites is 3. The number of nitrogens with zero attached hydrogens (tertiary/aromatic N) is 1. The van der Waals surface area contributed by atoms with Gasteiger partial charge < -0.3 is 14.8 Å². The molecule has 1 aliphatic rings. The quantitative estimate of drug-likeness (QED) is 0.737. The molecule has 0 bridgehead atoms. The van der Waals surface area contributed by atoms with Gasteiger partial charge in [-0.15, -0.1) is 0 Å². The maximum absolute atomic E-state index is 12.4. The lowest BCUT2D eigenvalue weighted by Crippen LogP contribution is -2.51. The lowest BCUT2D eigenvalue weighted by Gasteiger charge is -2.33. The Bertz CT molecular complexity index is 935. The first-order valence-corrected chi connectivity index (χ1v) is 10.5. The summed E-state index contributed by atoms with van der Waals surface area (Å²) in [5.74, 6) is 0.460. The summed E-state index contributed by atoms with van der Waals surface area (Å²) in [4.78, 5) is 12.4. The molecule has 1 N–H and O–H groups in total. The monoisotopic (exact) mass is 410 g/mol. The summed E-state index contributed by atoms with van der Waals surface area (Å²) in [6, 6.07) is 13.7. The number of carbonyl (C=O) groups is 1. The summed E-state index contributed by atoms with van der Waals surface area (Å²) >= 11 is 6.00. The number of ether oxygens (including phenoxy) is 2. The van der Waals surface area contributed by atoms with Gasteiger partial charge in [-0.2, -0.15) is 0 Å². The van der Waals surface area contributed by atoms with Crippen LogP contribution in [0.1, 0.15) is 0 Å². The first-order valence-electron chi connectivity index (χ1n) is 8.24. The molecule has 0 radical (unpaired) electrons. The van der Waals surface area contributed by atoms with Crippen LogP contribution in [0.15, 0.2) is 48.5 Å². The smallest absolute Gasteiger partial charge is 0.263 e. The van der Waals surface area contributed by atoms with Crippen molar-refractivity contribution < 1.29 is 22.7 Å². The van der Waals surface area contributed by atoms with E-state index in [-0.39, 0.29) is 19.7 Å². The zero-order chi connectivity index (χ0) is 19.4. The van der Waals surface area contributed by atoms with Crippen LogP contribution >= 0.6 is 11.6 Å². The molecule has 0 spiro atoms. The number of hydrogen-bond acceptors (Lipinski definition) is 5. The van der Waals surface area contributed by atoms with Crippen LogP contribution in [0.25, 0.3) is 0 Å². The van der Waals surface area contributed by atoms with E-state index in [2.05, 4.69) is 5.32 Å². The number of carbonyl (C=O) groups excluding carboxylic acids is 1. The van der Waals surface area contributed by atoms with E-state index in [4.69, 9.17) is 21.1 Å². The van der Waals surface area contributed by atoms with E-state index in [0.717, 1.165) is 6.26 Å². The molecule has 7 nitrogen and oxygen atoms in total. The molecule has 1 unspecified atom stereocenters. The third kappa shape index (κ3) is 4.64. The molecule has 2 aromatic carbocycles. The Morgan fingerprint density at radius 1 is 1.26 bits per heavy atom. The number of sulfonamides is 1. The predicted octanol–water partition coefficient (Wildman–Crippen LogP) is 2.06. The zero-order valence-corrected chi connectivity index (χ0v) is 16.2. The molecule has 27 heavy (non-hydrogen) atoms. The van der Waals surface area contributed by atoms with Crippen LogP contribution in [-0.2, 0) is 14.8 Å². The second-order valence-corrected chi connectivity index (χ2v) is 8.25.